The fraction of sp³-hybridized carbons (Fsp3) is 0.308. The van der Waals surface area contributed by atoms with E-state index >= 15 is 0 Å². The van der Waals surface area contributed by atoms with Crippen LogP contribution in [0.25, 0.3) is 0 Å². The van der Waals surface area contributed by atoms with Crippen molar-refractivity contribution in [2.24, 2.45) is 0 Å². The summed E-state index contributed by atoms with van der Waals surface area (Å²) in [5.74, 6) is -2.25. The van der Waals surface area contributed by atoms with Gasteiger partial charge in [-0.3, -0.25) is 9.59 Å². The molecule has 6 nitrogen and oxygen atoms in total. The van der Waals surface area contributed by atoms with Gasteiger partial charge >= 0.3 is 29.6 Å². The Morgan fingerprint density at radius 3 is 2.20 bits per heavy atom. The van der Waals surface area contributed by atoms with Gasteiger partial charge in [-0.25, -0.2) is 0 Å². The first-order valence-corrected chi connectivity index (χ1v) is 5.91. The van der Waals surface area contributed by atoms with Crippen molar-refractivity contribution in [3.05, 3.63) is 35.9 Å². The van der Waals surface area contributed by atoms with Crippen LogP contribution < -0.4 is 45.3 Å². The van der Waals surface area contributed by atoms with Gasteiger partial charge in [-0.1, -0.05) is 30.3 Å². The fourth-order valence-corrected chi connectivity index (χ4v) is 1.98. The number of hydrogen-bond acceptors (Lipinski definition) is 4. The molecule has 0 aromatic heterocycles. The number of rotatable bonds is 4. The van der Waals surface area contributed by atoms with Gasteiger partial charge in [0.1, 0.15) is 12.1 Å². The first kappa shape index (κ1) is 16.7. The summed E-state index contributed by atoms with van der Waals surface area (Å²) < 4.78 is 0. The molecule has 2 amide bonds. The van der Waals surface area contributed by atoms with E-state index in [-0.39, 0.29) is 35.5 Å². The smallest absolute Gasteiger partial charge is 0.550 e. The summed E-state index contributed by atoms with van der Waals surface area (Å²) in [6.07, 6.45) is -0.147. The second kappa shape index (κ2) is 7.42. The third-order valence-electron chi connectivity index (χ3n) is 2.92. The number of benzene rings is 1. The fourth-order valence-electron chi connectivity index (χ4n) is 1.98. The first-order chi connectivity index (χ1) is 9.06. The average molecular weight is 284 g/mol. The zero-order chi connectivity index (χ0) is 13.8. The molecular formula is C13H13N2NaO4. The Morgan fingerprint density at radius 1 is 1.05 bits per heavy atom. The molecule has 0 spiro atoms. The molecule has 2 atom stereocenters. The van der Waals surface area contributed by atoms with Gasteiger partial charge in [0, 0.05) is 18.8 Å². The number of carboxylic acids is 1. The molecule has 0 unspecified atom stereocenters. The number of piperazine rings is 1. The third-order valence-corrected chi connectivity index (χ3v) is 2.92. The van der Waals surface area contributed by atoms with E-state index in [9.17, 15) is 19.5 Å². The van der Waals surface area contributed by atoms with Gasteiger partial charge in [-0.15, -0.1) is 0 Å². The van der Waals surface area contributed by atoms with Crippen molar-refractivity contribution >= 4 is 17.8 Å². The molecule has 1 aliphatic heterocycles. The predicted molar refractivity (Wildman–Crippen MR) is 63.6 cm³/mol. The van der Waals surface area contributed by atoms with E-state index in [0.29, 0.717) is 6.42 Å². The van der Waals surface area contributed by atoms with Crippen LogP contribution in [-0.2, 0) is 20.8 Å². The third kappa shape index (κ3) is 4.33. The number of carboxylic acid groups (broad SMARTS) is 1. The van der Waals surface area contributed by atoms with Crippen LogP contribution in [0, 0.1) is 0 Å². The molecule has 7 heteroatoms. The first-order valence-electron chi connectivity index (χ1n) is 5.91. The summed E-state index contributed by atoms with van der Waals surface area (Å²) in [6, 6.07) is 7.53. The maximum atomic E-state index is 11.8. The van der Waals surface area contributed by atoms with Gasteiger partial charge in [-0.05, 0) is 5.56 Å². The molecule has 0 bridgehead atoms. The van der Waals surface area contributed by atoms with Crippen molar-refractivity contribution in [1.29, 1.82) is 0 Å². The molecule has 0 radical (unpaired) electrons. The summed E-state index contributed by atoms with van der Waals surface area (Å²) >= 11 is 0. The van der Waals surface area contributed by atoms with Gasteiger partial charge in [0.2, 0.25) is 11.8 Å². The number of aliphatic carboxylic acids is 1. The Balaban J connectivity index is 0.00000200. The molecule has 0 saturated carbocycles. The maximum Gasteiger partial charge on any atom is 1.00 e. The van der Waals surface area contributed by atoms with Crippen LogP contribution in [0.2, 0.25) is 0 Å². The van der Waals surface area contributed by atoms with Crippen LogP contribution in [0.1, 0.15) is 12.0 Å². The van der Waals surface area contributed by atoms with E-state index in [2.05, 4.69) is 10.6 Å². The van der Waals surface area contributed by atoms with E-state index in [1.807, 2.05) is 30.3 Å². The monoisotopic (exact) mass is 284 g/mol. The molecular weight excluding hydrogens is 271 g/mol. The minimum absolute atomic E-state index is 0. The van der Waals surface area contributed by atoms with Crippen LogP contribution in [-0.4, -0.2) is 29.9 Å². The standard InChI is InChI=1S/C13H14N2O4.Na/c16-11(17)7-10-13(19)14-9(12(18)15-10)6-8-4-2-1-3-5-8;/h1-5,9-10H,6-7H2,(H,14,19)(H,15,18)(H,16,17);/q;+1/p-1/t9-,10-;/m0./s1. The van der Waals surface area contributed by atoms with E-state index in [1.54, 1.807) is 0 Å². The zero-order valence-electron chi connectivity index (χ0n) is 11.1. The Hall–Kier alpha value is -1.37. The van der Waals surface area contributed by atoms with E-state index in [1.165, 1.54) is 0 Å². The summed E-state index contributed by atoms with van der Waals surface area (Å²) in [5, 5.41) is 15.4. The minimum atomic E-state index is -1.37. The molecule has 2 N–H and O–H groups in total. The SMILES string of the molecule is O=C([O-])C[C@@H]1NC(=O)[C@H](Cc2ccccc2)NC1=O.[Na+]. The van der Waals surface area contributed by atoms with Gasteiger partial charge in [0.15, 0.2) is 0 Å². The Kier molecular flexibility index (Phi) is 6.19. The van der Waals surface area contributed by atoms with Crippen LogP contribution in [0.3, 0.4) is 0 Å². The number of hydrogen-bond donors (Lipinski definition) is 2. The number of nitrogens with one attached hydrogen (secondary N) is 2. The normalized spacial score (nSPS) is 21.4. The molecule has 1 aliphatic rings. The quantitative estimate of drug-likeness (QED) is 0.543. The molecule has 100 valence electrons. The summed E-state index contributed by atoms with van der Waals surface area (Å²) in [4.78, 5) is 33.9. The molecule has 2 rings (SSSR count). The molecule has 1 saturated heterocycles. The minimum Gasteiger partial charge on any atom is -0.550 e. The predicted octanol–water partition coefficient (Wildman–Crippen LogP) is -4.64. The maximum absolute atomic E-state index is 11.8. The zero-order valence-corrected chi connectivity index (χ0v) is 13.1. The number of carbonyl (C=O) groups is 3. The van der Waals surface area contributed by atoms with Crippen LogP contribution >= 0.6 is 0 Å². The Bertz CT molecular complexity index is 506. The van der Waals surface area contributed by atoms with Crippen molar-refractivity contribution in [3.63, 3.8) is 0 Å². The topological polar surface area (TPSA) is 98.3 Å². The second-order valence-electron chi connectivity index (χ2n) is 4.39. The summed E-state index contributed by atoms with van der Waals surface area (Å²) in [7, 11) is 0. The molecule has 1 heterocycles. The number of carbonyl (C=O) groups excluding carboxylic acids is 3. The van der Waals surface area contributed by atoms with Gasteiger partial charge in [-0.2, -0.15) is 0 Å². The van der Waals surface area contributed by atoms with Crippen molar-refractivity contribution in [3.8, 4) is 0 Å². The Labute approximate surface area is 138 Å². The van der Waals surface area contributed by atoms with E-state index < -0.39 is 30.4 Å². The molecule has 1 aromatic rings. The molecule has 1 aromatic carbocycles. The molecule has 0 aliphatic carbocycles. The van der Waals surface area contributed by atoms with Gasteiger partial charge < -0.3 is 20.5 Å². The molecule has 20 heavy (non-hydrogen) atoms. The average Bonchev–Trinajstić information content (AvgIpc) is 2.36. The number of amides is 2. The van der Waals surface area contributed by atoms with Crippen molar-refractivity contribution < 1.29 is 49.0 Å². The summed E-state index contributed by atoms with van der Waals surface area (Å²) in [5.41, 5.74) is 0.918. The van der Waals surface area contributed by atoms with Crippen molar-refractivity contribution in [1.82, 2.24) is 10.6 Å². The molecule has 1 fully saturated rings. The summed E-state index contributed by atoms with van der Waals surface area (Å²) in [6.45, 7) is 0. The van der Waals surface area contributed by atoms with Crippen molar-refractivity contribution in [2.75, 3.05) is 0 Å². The van der Waals surface area contributed by atoms with Crippen LogP contribution in [0.15, 0.2) is 30.3 Å². The van der Waals surface area contributed by atoms with Crippen molar-refractivity contribution in [2.45, 2.75) is 24.9 Å². The van der Waals surface area contributed by atoms with Gasteiger partial charge in [0.25, 0.3) is 0 Å². The van der Waals surface area contributed by atoms with E-state index in [0.717, 1.165) is 5.56 Å². The van der Waals surface area contributed by atoms with E-state index in [4.69, 9.17) is 0 Å². The second-order valence-corrected chi connectivity index (χ2v) is 4.39. The van der Waals surface area contributed by atoms with Crippen LogP contribution in [0.4, 0.5) is 0 Å². The largest absolute Gasteiger partial charge is 1.00 e. The van der Waals surface area contributed by atoms with Crippen LogP contribution in [0.5, 0.6) is 0 Å². The Morgan fingerprint density at radius 2 is 1.60 bits per heavy atom. The van der Waals surface area contributed by atoms with Gasteiger partial charge in [0.05, 0.1) is 0 Å².